The Morgan fingerprint density at radius 2 is 1.40 bits per heavy atom. The Morgan fingerprint density at radius 1 is 0.792 bits per heavy atom. The summed E-state index contributed by atoms with van der Waals surface area (Å²) in [5.74, 6) is -5.70. The van der Waals surface area contributed by atoms with Crippen LogP contribution in [0.1, 0.15) is 43.6 Å². The van der Waals surface area contributed by atoms with E-state index in [0.717, 1.165) is 50.1 Å². The number of hydrogen-bond acceptors (Lipinski definition) is 5. The molecule has 0 unspecified atom stereocenters. The van der Waals surface area contributed by atoms with E-state index in [9.17, 15) is 31.1 Å². The summed E-state index contributed by atoms with van der Waals surface area (Å²) < 4.78 is 103. The van der Waals surface area contributed by atoms with Gasteiger partial charge in [-0.05, 0) is 73.4 Å². The molecule has 1 fully saturated rings. The van der Waals surface area contributed by atoms with Gasteiger partial charge in [0.2, 0.25) is 0 Å². The highest BCUT2D eigenvalue weighted by molar-refractivity contribution is 6.33. The molecule has 48 heavy (non-hydrogen) atoms. The molecule has 1 aliphatic rings. The van der Waals surface area contributed by atoms with Crippen LogP contribution in [0, 0.1) is 47.7 Å². The van der Waals surface area contributed by atoms with Crippen molar-refractivity contribution < 1.29 is 50.1 Å². The van der Waals surface area contributed by atoms with Crippen molar-refractivity contribution >= 4 is 18.1 Å². The monoisotopic (exact) mass is 694 g/mol. The summed E-state index contributed by atoms with van der Waals surface area (Å²) in [7, 11) is 0. The Balaban J connectivity index is 0.000000237. The molecular formula is C36H33ClF6O5. The summed E-state index contributed by atoms with van der Waals surface area (Å²) in [6.07, 6.45) is 2.38. The van der Waals surface area contributed by atoms with Gasteiger partial charge in [-0.2, -0.15) is 0 Å². The zero-order valence-electron chi connectivity index (χ0n) is 26.1. The molecule has 4 aromatic rings. The average molecular weight is 695 g/mol. The fourth-order valence-corrected chi connectivity index (χ4v) is 5.06. The van der Waals surface area contributed by atoms with E-state index in [0.29, 0.717) is 25.4 Å². The van der Waals surface area contributed by atoms with Crippen LogP contribution in [-0.2, 0) is 19.0 Å². The van der Waals surface area contributed by atoms with E-state index in [1.165, 1.54) is 37.3 Å². The van der Waals surface area contributed by atoms with Crippen molar-refractivity contribution in [3.05, 3.63) is 112 Å². The van der Waals surface area contributed by atoms with Crippen molar-refractivity contribution in [2.24, 2.45) is 5.92 Å². The first kappa shape index (κ1) is 36.9. The highest BCUT2D eigenvalue weighted by Gasteiger charge is 2.24. The Morgan fingerprint density at radius 3 is 1.98 bits per heavy atom. The van der Waals surface area contributed by atoms with Crippen molar-refractivity contribution in [3.63, 3.8) is 0 Å². The molecule has 4 aromatic carbocycles. The molecule has 5 nitrogen and oxygen atoms in total. The Hall–Kier alpha value is -3.90. The molecule has 1 heterocycles. The van der Waals surface area contributed by atoms with Crippen LogP contribution in [-0.4, -0.2) is 32.9 Å². The van der Waals surface area contributed by atoms with E-state index in [2.05, 4.69) is 11.7 Å². The molecule has 256 valence electrons. The van der Waals surface area contributed by atoms with Gasteiger partial charge in [-0.25, -0.2) is 26.3 Å². The van der Waals surface area contributed by atoms with Gasteiger partial charge in [-0.1, -0.05) is 37.1 Å². The predicted octanol–water partition coefficient (Wildman–Crippen LogP) is 9.91. The second-order valence-corrected chi connectivity index (χ2v) is 11.4. The van der Waals surface area contributed by atoms with Gasteiger partial charge in [0.1, 0.15) is 23.2 Å². The summed E-state index contributed by atoms with van der Waals surface area (Å²) in [5.41, 5.74) is 1.11. The molecule has 1 aliphatic heterocycles. The molecule has 0 aromatic heterocycles. The van der Waals surface area contributed by atoms with Crippen molar-refractivity contribution in [2.45, 2.75) is 39.4 Å². The second-order valence-electron chi connectivity index (χ2n) is 11.0. The zero-order valence-corrected chi connectivity index (χ0v) is 26.9. The smallest absolute Gasteiger partial charge is 0.298 e. The number of hydrogen-bond donors (Lipinski definition) is 0. The van der Waals surface area contributed by atoms with E-state index >= 15 is 0 Å². The maximum absolute atomic E-state index is 14.6. The molecule has 12 heteroatoms. The minimum atomic E-state index is -1.54. The maximum Gasteiger partial charge on any atom is 0.298 e. The molecule has 0 bridgehead atoms. The highest BCUT2D eigenvalue weighted by atomic mass is 35.5. The molecule has 0 atom stereocenters. The second kappa shape index (κ2) is 17.5. The topological polar surface area (TPSA) is 54.0 Å². The third-order valence-corrected chi connectivity index (χ3v) is 7.87. The Labute approximate surface area is 279 Å². The molecule has 1 saturated heterocycles. The van der Waals surface area contributed by atoms with Gasteiger partial charge in [0.05, 0.1) is 18.2 Å². The van der Waals surface area contributed by atoms with Gasteiger partial charge in [0, 0.05) is 47.5 Å². The van der Waals surface area contributed by atoms with Gasteiger partial charge in [-0.3, -0.25) is 4.79 Å². The Bertz CT molecular complexity index is 1660. The van der Waals surface area contributed by atoms with Gasteiger partial charge in [-0.15, -0.1) is 0 Å². The van der Waals surface area contributed by atoms with Gasteiger partial charge < -0.3 is 18.9 Å². The van der Waals surface area contributed by atoms with Crippen LogP contribution < -0.4 is 4.74 Å². The fourth-order valence-electron chi connectivity index (χ4n) is 4.78. The van der Waals surface area contributed by atoms with E-state index in [1.807, 2.05) is 0 Å². The average Bonchev–Trinajstić information content (AvgIpc) is 3.06. The summed E-state index contributed by atoms with van der Waals surface area (Å²) in [6.45, 7) is 6.17. The molecular weight excluding hydrogens is 662 g/mol. The molecule has 0 spiro atoms. The standard InChI is InChI=1S/C23H27F3O3.C13H6ClF3O2/c1-3-4-8-27-9-7-16-13-28-23(29-14-16)17-5-6-19(22(26)10-17)18-11-20(24)15(2)21(25)12-18;14-10-5-8(19-6-18)1-2-9(10)7-3-11(15)13(17)12(16)4-7/h5-6,10-12,16,23H,3-4,7-9,13-14H2,1-2H3;1-6H. The van der Waals surface area contributed by atoms with Crippen molar-refractivity contribution in [1.82, 2.24) is 0 Å². The lowest BCUT2D eigenvalue weighted by molar-refractivity contribution is -0.207. The summed E-state index contributed by atoms with van der Waals surface area (Å²) in [5, 5.41) is 0.116. The van der Waals surface area contributed by atoms with Gasteiger partial charge in [0.15, 0.2) is 23.7 Å². The normalized spacial score (nSPS) is 15.9. The van der Waals surface area contributed by atoms with Crippen LogP contribution in [0.3, 0.4) is 0 Å². The first-order valence-corrected chi connectivity index (χ1v) is 15.5. The molecule has 5 rings (SSSR count). The van der Waals surface area contributed by atoms with Gasteiger partial charge in [0.25, 0.3) is 6.47 Å². The van der Waals surface area contributed by atoms with Crippen LogP contribution in [0.15, 0.2) is 60.7 Å². The SMILES string of the molecule is CCCCOCCC1COC(c2ccc(-c3cc(F)c(C)c(F)c3)c(F)c2)OC1.O=COc1ccc(-c2cc(F)c(F)c(F)c2)c(Cl)c1. The first-order valence-electron chi connectivity index (χ1n) is 15.1. The largest absolute Gasteiger partial charge is 0.429 e. The molecule has 0 aliphatic carbocycles. The zero-order chi connectivity index (χ0) is 34.8. The first-order chi connectivity index (χ1) is 23.0. The van der Waals surface area contributed by atoms with E-state index in [1.54, 1.807) is 6.07 Å². The third-order valence-electron chi connectivity index (χ3n) is 7.56. The number of unbranched alkanes of at least 4 members (excludes halogenated alkanes) is 1. The molecule has 0 amide bonds. The summed E-state index contributed by atoms with van der Waals surface area (Å²) >= 11 is 5.91. The van der Waals surface area contributed by atoms with Crippen molar-refractivity contribution in [3.8, 4) is 28.0 Å². The van der Waals surface area contributed by atoms with Crippen molar-refractivity contribution in [2.75, 3.05) is 26.4 Å². The lowest BCUT2D eigenvalue weighted by Gasteiger charge is -2.29. The highest BCUT2D eigenvalue weighted by Crippen LogP contribution is 2.34. The number of carbonyl (C=O) groups excluding carboxylic acids is 1. The number of ether oxygens (including phenoxy) is 4. The van der Waals surface area contributed by atoms with Crippen LogP contribution in [0.2, 0.25) is 5.02 Å². The maximum atomic E-state index is 14.6. The number of halogens is 7. The summed E-state index contributed by atoms with van der Waals surface area (Å²) in [6, 6.07) is 12.5. The summed E-state index contributed by atoms with van der Waals surface area (Å²) in [4.78, 5) is 10.2. The van der Waals surface area contributed by atoms with E-state index < -0.39 is 41.2 Å². The van der Waals surface area contributed by atoms with Gasteiger partial charge >= 0.3 is 0 Å². The lowest BCUT2D eigenvalue weighted by Crippen LogP contribution is -2.28. The molecule has 0 saturated carbocycles. The van der Waals surface area contributed by atoms with E-state index in [4.69, 9.17) is 25.8 Å². The lowest BCUT2D eigenvalue weighted by atomic mass is 10.0. The predicted molar refractivity (Wildman–Crippen MR) is 168 cm³/mol. The van der Waals surface area contributed by atoms with Crippen LogP contribution >= 0.6 is 11.6 Å². The van der Waals surface area contributed by atoms with Crippen molar-refractivity contribution in [1.29, 1.82) is 0 Å². The minimum Gasteiger partial charge on any atom is -0.429 e. The minimum absolute atomic E-state index is 0.0825. The van der Waals surface area contributed by atoms with E-state index in [-0.39, 0.29) is 51.0 Å². The third kappa shape index (κ3) is 9.59. The number of rotatable bonds is 11. The van der Waals surface area contributed by atoms with Crippen LogP contribution in [0.25, 0.3) is 22.3 Å². The molecule has 0 radical (unpaired) electrons. The molecule has 0 N–H and O–H groups in total. The van der Waals surface area contributed by atoms with Crippen LogP contribution in [0.5, 0.6) is 5.75 Å². The number of carbonyl (C=O) groups is 1. The Kier molecular flexibility index (Phi) is 13.5. The number of benzene rings is 4. The fraction of sp³-hybridized carbons (Fsp3) is 0.306. The quantitative estimate of drug-likeness (QED) is 0.0677. The van der Waals surface area contributed by atoms with Crippen LogP contribution in [0.4, 0.5) is 26.3 Å².